The number of carbonyl (C=O) groups excluding carboxylic acids is 4. The van der Waals surface area contributed by atoms with Crippen LogP contribution in [0.1, 0.15) is 84.9 Å². The molecule has 0 saturated heterocycles. The molecule has 3 aromatic rings. The molecule has 3 amide bonds. The van der Waals surface area contributed by atoms with Gasteiger partial charge in [0.25, 0.3) is 17.4 Å². The van der Waals surface area contributed by atoms with Gasteiger partial charge in [0.1, 0.15) is 12.4 Å². The van der Waals surface area contributed by atoms with Crippen molar-refractivity contribution in [3.8, 4) is 11.4 Å². The molecule has 0 saturated carbocycles. The van der Waals surface area contributed by atoms with Crippen LogP contribution < -0.4 is 10.9 Å². The van der Waals surface area contributed by atoms with E-state index in [0.717, 1.165) is 22.1 Å². The molecule has 7 rings (SSSR count). The second-order valence-corrected chi connectivity index (χ2v) is 12.4. The van der Waals surface area contributed by atoms with Crippen LogP contribution in [0.5, 0.6) is 0 Å². The minimum Gasteiger partial charge on any atom is -0.458 e. The number of esters is 1. The number of unbranched alkanes of at least 4 members (excludes halogenated alkanes) is 2. The summed E-state index contributed by atoms with van der Waals surface area (Å²) in [6, 6.07) is 2.60. The maximum atomic E-state index is 15.1. The van der Waals surface area contributed by atoms with Gasteiger partial charge in [-0.3, -0.25) is 24.1 Å². The van der Waals surface area contributed by atoms with E-state index >= 15 is 4.39 Å². The fraction of sp³-hybridized carbons (Fsp3) is 0.412. The van der Waals surface area contributed by atoms with Gasteiger partial charge in [0.2, 0.25) is 5.91 Å². The van der Waals surface area contributed by atoms with Gasteiger partial charge in [-0.25, -0.2) is 14.2 Å². The zero-order valence-corrected chi connectivity index (χ0v) is 25.6. The maximum Gasteiger partial charge on any atom is 0.343 e. The molecule has 0 spiro atoms. The molecule has 238 valence electrons. The lowest BCUT2D eigenvalue weighted by Gasteiger charge is -2.31. The van der Waals surface area contributed by atoms with Crippen LogP contribution in [-0.4, -0.2) is 49.8 Å². The molecule has 4 aliphatic rings. The molecule has 0 bridgehead atoms. The van der Waals surface area contributed by atoms with Crippen molar-refractivity contribution in [2.75, 3.05) is 6.54 Å². The SMILES string of the molecule is CC[C@@]1(O)C(=O)OCc2c1cc1n(c2=O)Cc2c-1nc1cc(F)c(C)c3c1c2[C@@H](NC(=O)CCCCCN1C(=O)C=CC1=O)CC3. The van der Waals surface area contributed by atoms with Crippen LogP contribution in [0.4, 0.5) is 4.39 Å². The molecule has 46 heavy (non-hydrogen) atoms. The van der Waals surface area contributed by atoms with Crippen molar-refractivity contribution in [2.45, 2.75) is 83.6 Å². The summed E-state index contributed by atoms with van der Waals surface area (Å²) >= 11 is 0. The number of carbonyl (C=O) groups is 4. The molecule has 0 unspecified atom stereocenters. The summed E-state index contributed by atoms with van der Waals surface area (Å²) in [4.78, 5) is 69.1. The number of imide groups is 1. The Morgan fingerprint density at radius 1 is 1.11 bits per heavy atom. The topological polar surface area (TPSA) is 148 Å². The molecule has 0 radical (unpaired) electrons. The number of cyclic esters (lactones) is 1. The third-order valence-electron chi connectivity index (χ3n) is 9.90. The number of hydrogen-bond donors (Lipinski definition) is 2. The van der Waals surface area contributed by atoms with E-state index in [2.05, 4.69) is 5.32 Å². The molecule has 0 fully saturated rings. The summed E-state index contributed by atoms with van der Waals surface area (Å²) in [6.45, 7) is 3.59. The van der Waals surface area contributed by atoms with Crippen molar-refractivity contribution in [3.05, 3.63) is 73.8 Å². The van der Waals surface area contributed by atoms with Crippen molar-refractivity contribution in [3.63, 3.8) is 0 Å². The number of ether oxygens (including phenoxy) is 1. The molecule has 1 aromatic carbocycles. The third-order valence-corrected chi connectivity index (χ3v) is 9.90. The Kier molecular flexibility index (Phi) is 7.15. The minimum atomic E-state index is -1.97. The molecule has 2 aromatic heterocycles. The average Bonchev–Trinajstić information content (AvgIpc) is 3.57. The standard InChI is InChI=1S/C34H33FN4O7/c1-3-34(45)21-13-25-31-19(15-39(25)32(43)20(21)16-46-33(34)44)30-23(9-8-18-17(2)22(35)14-24(37-31)29(18)30)36-26(40)7-5-4-6-12-38-27(41)10-11-28(38)42/h10-11,13-14,23,45H,3-9,12,15-16H2,1-2H3,(H,36,40)/t23-,34-/m0/s1. The molecule has 3 aliphatic heterocycles. The monoisotopic (exact) mass is 628 g/mol. The van der Waals surface area contributed by atoms with Crippen LogP contribution in [0.3, 0.4) is 0 Å². The molecule has 12 heteroatoms. The first-order valence-corrected chi connectivity index (χ1v) is 15.7. The normalized spacial score (nSPS) is 21.0. The van der Waals surface area contributed by atoms with Gasteiger partial charge in [0, 0.05) is 47.7 Å². The van der Waals surface area contributed by atoms with Gasteiger partial charge in [-0.15, -0.1) is 0 Å². The number of halogens is 1. The number of hydrogen-bond acceptors (Lipinski definition) is 8. The van der Waals surface area contributed by atoms with Crippen molar-refractivity contribution < 1.29 is 33.4 Å². The molecule has 2 N–H and O–H groups in total. The lowest BCUT2D eigenvalue weighted by Crippen LogP contribution is -2.44. The van der Waals surface area contributed by atoms with E-state index < -0.39 is 23.2 Å². The molecule has 2 atom stereocenters. The first-order chi connectivity index (χ1) is 22.0. The lowest BCUT2D eigenvalue weighted by atomic mass is 9.81. The summed E-state index contributed by atoms with van der Waals surface area (Å²) in [7, 11) is 0. The van der Waals surface area contributed by atoms with Gasteiger partial charge in [-0.1, -0.05) is 13.3 Å². The van der Waals surface area contributed by atoms with Gasteiger partial charge in [-0.2, -0.15) is 0 Å². The Hall–Kier alpha value is -4.71. The number of aromatic nitrogens is 2. The summed E-state index contributed by atoms with van der Waals surface area (Å²) < 4.78 is 21.9. The third kappa shape index (κ3) is 4.49. The number of fused-ring (bicyclic) bond motifs is 5. The van der Waals surface area contributed by atoms with Crippen LogP contribution in [0.15, 0.2) is 29.1 Å². The van der Waals surface area contributed by atoms with Crippen molar-refractivity contribution in [2.24, 2.45) is 0 Å². The second-order valence-electron chi connectivity index (χ2n) is 12.4. The van der Waals surface area contributed by atoms with Crippen LogP contribution >= 0.6 is 0 Å². The quantitative estimate of drug-likeness (QED) is 0.172. The largest absolute Gasteiger partial charge is 0.458 e. The van der Waals surface area contributed by atoms with Crippen LogP contribution in [0.25, 0.3) is 22.3 Å². The van der Waals surface area contributed by atoms with E-state index in [9.17, 15) is 29.1 Å². The Labute approximate surface area is 263 Å². The van der Waals surface area contributed by atoms with Crippen LogP contribution in [-0.2, 0) is 49.1 Å². The Balaban J connectivity index is 1.21. The summed E-state index contributed by atoms with van der Waals surface area (Å²) in [5, 5.41) is 15.2. The average molecular weight is 629 g/mol. The number of nitrogens with zero attached hydrogens (tertiary/aromatic N) is 3. The first-order valence-electron chi connectivity index (χ1n) is 15.7. The van der Waals surface area contributed by atoms with Crippen LogP contribution in [0, 0.1) is 12.7 Å². The first kappa shape index (κ1) is 30.0. The Morgan fingerprint density at radius 2 is 1.87 bits per heavy atom. The highest BCUT2D eigenvalue weighted by atomic mass is 19.1. The van der Waals surface area contributed by atoms with Crippen LogP contribution in [0.2, 0.25) is 0 Å². The smallest absolute Gasteiger partial charge is 0.343 e. The summed E-state index contributed by atoms with van der Waals surface area (Å²) in [5.41, 5.74) is 2.22. The zero-order valence-electron chi connectivity index (χ0n) is 25.6. The predicted molar refractivity (Wildman–Crippen MR) is 163 cm³/mol. The van der Waals surface area contributed by atoms with Gasteiger partial charge in [-0.05, 0) is 61.8 Å². The predicted octanol–water partition coefficient (Wildman–Crippen LogP) is 3.12. The second kappa shape index (κ2) is 11.0. The highest BCUT2D eigenvalue weighted by Gasteiger charge is 2.46. The number of aryl methyl sites for hydroxylation is 1. The number of rotatable bonds is 8. The fourth-order valence-corrected chi connectivity index (χ4v) is 7.35. The van der Waals surface area contributed by atoms with E-state index in [1.807, 2.05) is 0 Å². The van der Waals surface area contributed by atoms with Gasteiger partial charge >= 0.3 is 5.97 Å². The maximum absolute atomic E-state index is 15.1. The van der Waals surface area contributed by atoms with Crippen molar-refractivity contribution >= 4 is 34.6 Å². The number of nitrogens with one attached hydrogen (secondary N) is 1. The minimum absolute atomic E-state index is 0.0125. The number of pyridine rings is 2. The Bertz CT molecular complexity index is 1960. The molecule has 5 heterocycles. The zero-order chi connectivity index (χ0) is 32.5. The Morgan fingerprint density at radius 3 is 2.61 bits per heavy atom. The highest BCUT2D eigenvalue weighted by molar-refractivity contribution is 6.12. The van der Waals surface area contributed by atoms with Gasteiger partial charge < -0.3 is 19.7 Å². The van der Waals surface area contributed by atoms with E-state index in [-0.39, 0.29) is 60.7 Å². The molecule has 11 nitrogen and oxygen atoms in total. The van der Waals surface area contributed by atoms with Crippen molar-refractivity contribution in [1.82, 2.24) is 19.8 Å². The van der Waals surface area contributed by atoms with E-state index in [4.69, 9.17) is 9.72 Å². The number of benzene rings is 1. The fourth-order valence-electron chi connectivity index (χ4n) is 7.35. The van der Waals surface area contributed by atoms with E-state index in [1.165, 1.54) is 23.1 Å². The molecule has 1 aliphatic carbocycles. The van der Waals surface area contributed by atoms with Crippen molar-refractivity contribution in [1.29, 1.82) is 0 Å². The summed E-state index contributed by atoms with van der Waals surface area (Å²) in [6.07, 6.45) is 5.65. The number of aliphatic hydroxyl groups is 1. The van der Waals surface area contributed by atoms with E-state index in [1.54, 1.807) is 24.5 Å². The highest BCUT2D eigenvalue weighted by Crippen LogP contribution is 2.46. The molecular formula is C34H33FN4O7. The summed E-state index contributed by atoms with van der Waals surface area (Å²) in [5.74, 6) is -2.00. The van der Waals surface area contributed by atoms with Gasteiger partial charge in [0.15, 0.2) is 5.60 Å². The van der Waals surface area contributed by atoms with E-state index in [0.29, 0.717) is 61.1 Å². The lowest BCUT2D eigenvalue weighted by molar-refractivity contribution is -0.172. The molecular weight excluding hydrogens is 595 g/mol. The van der Waals surface area contributed by atoms with Gasteiger partial charge in [0.05, 0.1) is 35.1 Å². The number of amides is 3.